The lowest BCUT2D eigenvalue weighted by atomic mass is 10.2. The van der Waals surface area contributed by atoms with Crippen LogP contribution in [0.3, 0.4) is 0 Å². The molecule has 0 unspecified atom stereocenters. The molecule has 3 nitrogen and oxygen atoms in total. The second-order valence-corrected chi connectivity index (χ2v) is 3.65. The number of likely N-dealkylation sites (N-methyl/N-ethyl adjacent to an activating group) is 1. The molecule has 0 atom stereocenters. The highest BCUT2D eigenvalue weighted by atomic mass is 16.2. The first-order valence-electron chi connectivity index (χ1n) is 5.36. The monoisotopic (exact) mass is 214 g/mol. The third-order valence-corrected chi connectivity index (χ3v) is 2.56. The number of carbonyl (C=O) groups is 1. The Morgan fingerprint density at radius 1 is 1.31 bits per heavy atom. The largest absolute Gasteiger partial charge is 0.295 e. The van der Waals surface area contributed by atoms with E-state index in [0.717, 1.165) is 11.4 Å². The van der Waals surface area contributed by atoms with Gasteiger partial charge in [0.25, 0.3) is 5.91 Å². The molecular weight excluding hydrogens is 200 g/mol. The smallest absolute Gasteiger partial charge is 0.277 e. The van der Waals surface area contributed by atoms with Crippen molar-refractivity contribution in [3.8, 4) is 0 Å². The van der Waals surface area contributed by atoms with Gasteiger partial charge in [-0.2, -0.15) is 0 Å². The minimum absolute atomic E-state index is 0.0103. The Bertz CT molecular complexity index is 460. The number of hydrogen-bond donors (Lipinski definition) is 0. The number of aliphatic imine (C=N–C) groups is 1. The third kappa shape index (κ3) is 1.89. The van der Waals surface area contributed by atoms with E-state index in [1.807, 2.05) is 50.3 Å². The van der Waals surface area contributed by atoms with Crippen LogP contribution in [0.5, 0.6) is 0 Å². The van der Waals surface area contributed by atoms with Gasteiger partial charge in [0.15, 0.2) is 0 Å². The maximum Gasteiger partial charge on any atom is 0.277 e. The summed E-state index contributed by atoms with van der Waals surface area (Å²) in [5, 5.41) is 0. The van der Waals surface area contributed by atoms with Crippen LogP contribution in [0.4, 0.5) is 0 Å². The molecule has 1 aliphatic heterocycles. The fourth-order valence-corrected chi connectivity index (χ4v) is 1.74. The zero-order chi connectivity index (χ0) is 11.5. The fourth-order valence-electron chi connectivity index (χ4n) is 1.74. The summed E-state index contributed by atoms with van der Waals surface area (Å²) in [6, 6.07) is 9.75. The molecule has 16 heavy (non-hydrogen) atoms. The Kier molecular flexibility index (Phi) is 2.86. The number of rotatable bonds is 2. The summed E-state index contributed by atoms with van der Waals surface area (Å²) in [6.07, 6.45) is 1.82. The maximum absolute atomic E-state index is 11.9. The Morgan fingerprint density at radius 2 is 2.00 bits per heavy atom. The highest BCUT2D eigenvalue weighted by Crippen LogP contribution is 2.17. The molecule has 1 amide bonds. The van der Waals surface area contributed by atoms with Crippen LogP contribution >= 0.6 is 0 Å². The van der Waals surface area contributed by atoms with Gasteiger partial charge in [0.1, 0.15) is 11.5 Å². The van der Waals surface area contributed by atoms with Crippen LogP contribution in [-0.2, 0) is 4.79 Å². The zero-order valence-electron chi connectivity index (χ0n) is 9.47. The van der Waals surface area contributed by atoms with Gasteiger partial charge in [-0.15, -0.1) is 0 Å². The van der Waals surface area contributed by atoms with E-state index >= 15 is 0 Å². The van der Waals surface area contributed by atoms with E-state index in [9.17, 15) is 4.79 Å². The first kappa shape index (κ1) is 10.6. The molecule has 0 bridgehead atoms. The van der Waals surface area contributed by atoms with Gasteiger partial charge >= 0.3 is 0 Å². The van der Waals surface area contributed by atoms with Gasteiger partial charge in [-0.25, -0.2) is 4.99 Å². The molecule has 0 aromatic heterocycles. The fraction of sp³-hybridized carbons (Fsp3) is 0.231. The average Bonchev–Trinajstić information content (AvgIpc) is 2.55. The molecule has 0 aliphatic carbocycles. The van der Waals surface area contributed by atoms with Gasteiger partial charge in [-0.1, -0.05) is 30.3 Å². The molecule has 0 saturated carbocycles. The van der Waals surface area contributed by atoms with Crippen molar-refractivity contribution in [3.05, 3.63) is 41.6 Å². The summed E-state index contributed by atoms with van der Waals surface area (Å²) >= 11 is 0. The van der Waals surface area contributed by atoms with Crippen molar-refractivity contribution in [3.63, 3.8) is 0 Å². The zero-order valence-corrected chi connectivity index (χ0v) is 9.47. The molecule has 0 saturated heterocycles. The second-order valence-electron chi connectivity index (χ2n) is 3.65. The topological polar surface area (TPSA) is 32.7 Å². The second kappa shape index (κ2) is 4.31. The number of carbonyl (C=O) groups excluding carboxylic acids is 1. The van der Waals surface area contributed by atoms with Crippen molar-refractivity contribution in [1.29, 1.82) is 0 Å². The van der Waals surface area contributed by atoms with Gasteiger partial charge in [0.2, 0.25) is 0 Å². The van der Waals surface area contributed by atoms with Crippen LogP contribution in [0.2, 0.25) is 0 Å². The Morgan fingerprint density at radius 3 is 2.56 bits per heavy atom. The molecular formula is C13H14N2O. The number of amides is 1. The predicted molar refractivity (Wildman–Crippen MR) is 64.9 cm³/mol. The van der Waals surface area contributed by atoms with Crippen LogP contribution in [0.1, 0.15) is 19.4 Å². The minimum atomic E-state index is -0.0103. The van der Waals surface area contributed by atoms with Gasteiger partial charge < -0.3 is 0 Å². The molecule has 0 spiro atoms. The SMILES string of the molecule is CCN1C(=O)/C(=C/c2ccccc2)N=C1C. The van der Waals surface area contributed by atoms with Crippen molar-refractivity contribution in [2.24, 2.45) is 4.99 Å². The Hall–Kier alpha value is -1.90. The molecule has 1 heterocycles. The summed E-state index contributed by atoms with van der Waals surface area (Å²) in [6.45, 7) is 4.47. The molecule has 1 aliphatic rings. The van der Waals surface area contributed by atoms with Crippen molar-refractivity contribution in [2.45, 2.75) is 13.8 Å². The number of hydrogen-bond acceptors (Lipinski definition) is 2. The third-order valence-electron chi connectivity index (χ3n) is 2.56. The van der Waals surface area contributed by atoms with Crippen molar-refractivity contribution < 1.29 is 4.79 Å². The molecule has 3 heteroatoms. The lowest BCUT2D eigenvalue weighted by Gasteiger charge is -2.11. The Balaban J connectivity index is 2.31. The number of nitrogens with zero attached hydrogens (tertiary/aromatic N) is 2. The van der Waals surface area contributed by atoms with Crippen molar-refractivity contribution in [1.82, 2.24) is 4.90 Å². The van der Waals surface area contributed by atoms with Crippen LogP contribution in [0.25, 0.3) is 6.08 Å². The first-order valence-corrected chi connectivity index (χ1v) is 5.36. The standard InChI is InChI=1S/C13H14N2O/c1-3-15-10(2)14-12(13(15)16)9-11-7-5-4-6-8-11/h4-9H,3H2,1-2H3/b12-9-. The highest BCUT2D eigenvalue weighted by molar-refractivity contribution is 6.13. The summed E-state index contributed by atoms with van der Waals surface area (Å²) in [7, 11) is 0. The van der Waals surface area contributed by atoms with Crippen LogP contribution in [-0.4, -0.2) is 23.2 Å². The summed E-state index contributed by atoms with van der Waals surface area (Å²) < 4.78 is 0. The van der Waals surface area contributed by atoms with Crippen LogP contribution < -0.4 is 0 Å². The van der Waals surface area contributed by atoms with Gasteiger partial charge in [-0.3, -0.25) is 9.69 Å². The van der Waals surface area contributed by atoms with Crippen LogP contribution in [0, 0.1) is 0 Å². The van der Waals surface area contributed by atoms with E-state index < -0.39 is 0 Å². The van der Waals surface area contributed by atoms with Gasteiger partial charge in [0.05, 0.1) is 0 Å². The number of amidine groups is 1. The van der Waals surface area contributed by atoms with E-state index in [1.165, 1.54) is 0 Å². The normalized spacial score (nSPS) is 18.1. The van der Waals surface area contributed by atoms with Gasteiger partial charge in [-0.05, 0) is 25.5 Å². The van der Waals surface area contributed by atoms with E-state index in [4.69, 9.17) is 0 Å². The van der Waals surface area contributed by atoms with E-state index in [2.05, 4.69) is 4.99 Å². The molecule has 0 N–H and O–H groups in total. The van der Waals surface area contributed by atoms with E-state index in [1.54, 1.807) is 4.90 Å². The molecule has 1 aromatic carbocycles. The average molecular weight is 214 g/mol. The quantitative estimate of drug-likeness (QED) is 0.695. The minimum Gasteiger partial charge on any atom is -0.295 e. The highest BCUT2D eigenvalue weighted by Gasteiger charge is 2.25. The lowest BCUT2D eigenvalue weighted by Crippen LogP contribution is -2.29. The predicted octanol–water partition coefficient (Wildman–Crippen LogP) is 2.31. The van der Waals surface area contributed by atoms with E-state index in [0.29, 0.717) is 12.2 Å². The van der Waals surface area contributed by atoms with E-state index in [-0.39, 0.29) is 5.91 Å². The first-order chi connectivity index (χ1) is 7.72. The van der Waals surface area contributed by atoms with Crippen LogP contribution in [0.15, 0.2) is 41.0 Å². The summed E-state index contributed by atoms with van der Waals surface area (Å²) in [5.74, 6) is 0.763. The van der Waals surface area contributed by atoms with Crippen molar-refractivity contribution in [2.75, 3.05) is 6.54 Å². The van der Waals surface area contributed by atoms with Gasteiger partial charge in [0, 0.05) is 6.54 Å². The molecule has 1 aromatic rings. The lowest BCUT2D eigenvalue weighted by molar-refractivity contribution is -0.122. The molecule has 2 rings (SSSR count). The molecule has 0 radical (unpaired) electrons. The summed E-state index contributed by atoms with van der Waals surface area (Å²) in [4.78, 5) is 17.8. The molecule has 82 valence electrons. The Labute approximate surface area is 95.1 Å². The molecule has 0 fully saturated rings. The maximum atomic E-state index is 11.9. The summed E-state index contributed by atoms with van der Waals surface area (Å²) in [5.41, 5.74) is 1.52. The van der Waals surface area contributed by atoms with Crippen molar-refractivity contribution >= 4 is 17.8 Å². The number of benzene rings is 1.